The van der Waals surface area contributed by atoms with E-state index in [1.807, 2.05) is 0 Å². The topological polar surface area (TPSA) is 3.24 Å². The van der Waals surface area contributed by atoms with Gasteiger partial charge >= 0.3 is 0 Å². The van der Waals surface area contributed by atoms with Gasteiger partial charge in [-0.2, -0.15) is 21.9 Å². The van der Waals surface area contributed by atoms with Crippen molar-refractivity contribution in [2.45, 2.75) is 71.9 Å². The standard InChI is InChI=1S/C28H28B.C8H15N/c1-21-5-13-25(14-6-21)29(26-15-7-22(2)8-16-26,27-17-9-23(3)10-18-27)28-19-11-24(4)12-20-28;1-9-7-3-2-4-8(9)6-5-7/h5-20H,1-4H3;7-8H,2-6H2,1H3/q-1;/t;7-,8+. The van der Waals surface area contributed by atoms with Crippen molar-refractivity contribution >= 4 is 28.0 Å². The molecular formula is C36H43BN-. The first-order valence-corrected chi connectivity index (χ1v) is 14.5. The molecule has 1 nitrogen and oxygen atoms in total. The number of hydrogen-bond donors (Lipinski definition) is 0. The molecule has 2 fully saturated rings. The summed E-state index contributed by atoms with van der Waals surface area (Å²) in [5, 5.41) is 0. The van der Waals surface area contributed by atoms with Crippen molar-refractivity contribution in [1.82, 2.24) is 4.90 Å². The lowest BCUT2D eigenvalue weighted by Crippen LogP contribution is -2.74. The van der Waals surface area contributed by atoms with Crippen molar-refractivity contribution in [3.8, 4) is 0 Å². The maximum absolute atomic E-state index is 2.59. The molecule has 0 aromatic heterocycles. The highest BCUT2D eigenvalue weighted by Gasteiger charge is 2.33. The van der Waals surface area contributed by atoms with E-state index in [4.69, 9.17) is 0 Å². The van der Waals surface area contributed by atoms with Gasteiger partial charge in [0.05, 0.1) is 0 Å². The van der Waals surface area contributed by atoms with Gasteiger partial charge in [-0.25, -0.2) is 0 Å². The minimum atomic E-state index is -1.27. The second kappa shape index (κ2) is 11.3. The van der Waals surface area contributed by atoms with Gasteiger partial charge in [-0.05, 0) is 60.4 Å². The van der Waals surface area contributed by atoms with Crippen LogP contribution in [0.3, 0.4) is 0 Å². The maximum atomic E-state index is 2.59. The number of rotatable bonds is 4. The summed E-state index contributed by atoms with van der Waals surface area (Å²) in [5.41, 5.74) is 10.6. The average Bonchev–Trinajstić information content (AvgIpc) is 3.11. The molecule has 4 aromatic carbocycles. The molecule has 0 saturated carbocycles. The molecule has 2 saturated heterocycles. The number of aryl methyl sites for hydroxylation is 4. The van der Waals surface area contributed by atoms with Crippen LogP contribution in [-0.2, 0) is 0 Å². The fraction of sp³-hybridized carbons (Fsp3) is 0.333. The minimum Gasteiger partial charge on any atom is -0.300 e. The number of nitrogens with zero attached hydrogens (tertiary/aromatic N) is 1. The second-order valence-electron chi connectivity index (χ2n) is 12.0. The molecule has 2 bridgehead atoms. The lowest BCUT2D eigenvalue weighted by Gasteiger charge is -2.44. The minimum absolute atomic E-state index is 0.962. The highest BCUT2D eigenvalue weighted by Crippen LogP contribution is 2.33. The van der Waals surface area contributed by atoms with Crippen LogP contribution in [-0.4, -0.2) is 30.2 Å². The zero-order valence-corrected chi connectivity index (χ0v) is 24.0. The van der Waals surface area contributed by atoms with Crippen LogP contribution in [0.5, 0.6) is 0 Å². The van der Waals surface area contributed by atoms with E-state index in [-0.39, 0.29) is 0 Å². The highest BCUT2D eigenvalue weighted by molar-refractivity contribution is 7.19. The van der Waals surface area contributed by atoms with Crippen LogP contribution >= 0.6 is 0 Å². The van der Waals surface area contributed by atoms with E-state index in [0.29, 0.717) is 0 Å². The molecule has 2 aliphatic heterocycles. The Morgan fingerprint density at radius 1 is 0.447 bits per heavy atom. The van der Waals surface area contributed by atoms with Crippen LogP contribution in [0.4, 0.5) is 0 Å². The smallest absolute Gasteiger partial charge is 0.108 e. The zero-order valence-electron chi connectivity index (χ0n) is 24.0. The van der Waals surface area contributed by atoms with Gasteiger partial charge in [0.15, 0.2) is 0 Å². The van der Waals surface area contributed by atoms with E-state index in [0.717, 1.165) is 12.1 Å². The molecule has 0 spiro atoms. The summed E-state index contributed by atoms with van der Waals surface area (Å²) in [6.45, 7) is 8.62. The predicted molar refractivity (Wildman–Crippen MR) is 167 cm³/mol. The molecular weight excluding hydrogens is 457 g/mol. The molecule has 2 atom stereocenters. The van der Waals surface area contributed by atoms with E-state index >= 15 is 0 Å². The van der Waals surface area contributed by atoms with Crippen LogP contribution in [0.1, 0.15) is 54.4 Å². The van der Waals surface area contributed by atoms with Crippen molar-refractivity contribution in [2.75, 3.05) is 7.05 Å². The third kappa shape index (κ3) is 5.25. The quantitative estimate of drug-likeness (QED) is 0.314. The Bertz CT molecular complexity index is 1120. The van der Waals surface area contributed by atoms with Gasteiger partial charge in [0, 0.05) is 12.1 Å². The highest BCUT2D eigenvalue weighted by atomic mass is 15.2. The third-order valence-corrected chi connectivity index (χ3v) is 9.37. The molecule has 6 rings (SSSR count). The fourth-order valence-corrected chi connectivity index (χ4v) is 6.95. The average molecular weight is 501 g/mol. The van der Waals surface area contributed by atoms with Gasteiger partial charge in [0.1, 0.15) is 6.15 Å². The molecule has 38 heavy (non-hydrogen) atoms. The molecule has 0 radical (unpaired) electrons. The van der Waals surface area contributed by atoms with Gasteiger partial charge in [-0.1, -0.05) is 126 Å². The molecule has 2 heteroatoms. The number of hydrogen-bond acceptors (Lipinski definition) is 1. The summed E-state index contributed by atoms with van der Waals surface area (Å²) >= 11 is 0. The van der Waals surface area contributed by atoms with Gasteiger partial charge in [-0.3, -0.25) is 0 Å². The largest absolute Gasteiger partial charge is 0.300 e. The summed E-state index contributed by atoms with van der Waals surface area (Å²) in [5.74, 6) is 0. The Labute approximate surface area is 230 Å². The number of benzene rings is 4. The molecule has 0 aliphatic carbocycles. The summed E-state index contributed by atoms with van der Waals surface area (Å²) in [6, 6.07) is 38.3. The molecule has 4 aromatic rings. The fourth-order valence-electron chi connectivity index (χ4n) is 6.95. The van der Waals surface area contributed by atoms with Crippen LogP contribution < -0.4 is 21.9 Å². The van der Waals surface area contributed by atoms with Gasteiger partial charge < -0.3 is 4.90 Å². The summed E-state index contributed by atoms with van der Waals surface area (Å²) in [4.78, 5) is 2.59. The lowest BCUT2D eigenvalue weighted by atomic mass is 9.13. The van der Waals surface area contributed by atoms with Gasteiger partial charge in [-0.15, -0.1) is 0 Å². The van der Waals surface area contributed by atoms with Crippen LogP contribution in [0.25, 0.3) is 0 Å². The van der Waals surface area contributed by atoms with E-state index in [2.05, 4.69) is 137 Å². The van der Waals surface area contributed by atoms with Crippen molar-refractivity contribution in [2.24, 2.45) is 0 Å². The Morgan fingerprint density at radius 3 is 0.947 bits per heavy atom. The SMILES string of the molecule is CN1[C@@H]2CCC[C@H]1CC2.Cc1ccc([B-](c2ccc(C)cc2)(c2ccc(C)cc2)c2ccc(C)cc2)cc1. The molecule has 2 heterocycles. The van der Waals surface area contributed by atoms with Crippen LogP contribution in [0.15, 0.2) is 97.1 Å². The Kier molecular flexibility index (Phi) is 7.91. The normalized spacial score (nSPS) is 19.1. The van der Waals surface area contributed by atoms with Crippen molar-refractivity contribution < 1.29 is 0 Å². The third-order valence-electron chi connectivity index (χ3n) is 9.37. The second-order valence-corrected chi connectivity index (χ2v) is 12.0. The Balaban J connectivity index is 0.000000273. The zero-order chi connectivity index (χ0) is 26.7. The van der Waals surface area contributed by atoms with E-state index in [1.165, 1.54) is 76.2 Å². The first-order valence-electron chi connectivity index (χ1n) is 14.5. The predicted octanol–water partition coefficient (Wildman–Crippen LogP) is 5.93. The summed E-state index contributed by atoms with van der Waals surface area (Å²) in [7, 11) is 2.29. The number of piperidine rings is 1. The first-order chi connectivity index (χ1) is 18.4. The van der Waals surface area contributed by atoms with E-state index in [1.54, 1.807) is 0 Å². The first kappa shape index (κ1) is 26.5. The molecule has 0 amide bonds. The van der Waals surface area contributed by atoms with Gasteiger partial charge in [0.25, 0.3) is 0 Å². The Morgan fingerprint density at radius 2 is 0.711 bits per heavy atom. The van der Waals surface area contributed by atoms with Gasteiger partial charge in [0.2, 0.25) is 0 Å². The molecule has 0 unspecified atom stereocenters. The van der Waals surface area contributed by atoms with Crippen molar-refractivity contribution in [3.05, 3.63) is 119 Å². The summed E-state index contributed by atoms with van der Waals surface area (Å²) < 4.78 is 0. The lowest BCUT2D eigenvalue weighted by molar-refractivity contribution is 0.179. The monoisotopic (exact) mass is 500 g/mol. The Hall–Kier alpha value is -3.10. The summed E-state index contributed by atoms with van der Waals surface area (Å²) in [6.07, 6.45) is 6.09. The number of fused-ring (bicyclic) bond motifs is 2. The van der Waals surface area contributed by atoms with E-state index in [9.17, 15) is 0 Å². The molecule has 2 aliphatic rings. The van der Waals surface area contributed by atoms with Crippen LogP contribution in [0, 0.1) is 27.7 Å². The molecule has 0 N–H and O–H groups in total. The van der Waals surface area contributed by atoms with Crippen LogP contribution in [0.2, 0.25) is 0 Å². The van der Waals surface area contributed by atoms with Crippen molar-refractivity contribution in [1.29, 1.82) is 0 Å². The van der Waals surface area contributed by atoms with E-state index < -0.39 is 6.15 Å². The molecule has 196 valence electrons. The van der Waals surface area contributed by atoms with Crippen molar-refractivity contribution in [3.63, 3.8) is 0 Å². The maximum Gasteiger partial charge on any atom is 0.108 e.